The van der Waals surface area contributed by atoms with Gasteiger partial charge in [0.25, 0.3) is 10.0 Å². The number of nitrogens with one attached hydrogen (secondary N) is 1. The minimum Gasteiger partial charge on any atom is -0.339 e. The van der Waals surface area contributed by atoms with E-state index in [0.29, 0.717) is 17.5 Å². The summed E-state index contributed by atoms with van der Waals surface area (Å²) in [7, 11) is -4.21. The molecular formula is C20H14F2N4O3S. The summed E-state index contributed by atoms with van der Waals surface area (Å²) in [5, 5.41) is 3.92. The lowest BCUT2D eigenvalue weighted by molar-refractivity contribution is 0.386. The number of rotatable bonds is 6. The summed E-state index contributed by atoms with van der Waals surface area (Å²) >= 11 is 0. The molecule has 0 amide bonds. The average Bonchev–Trinajstić information content (AvgIpc) is 3.18. The number of aromatic nitrogens is 3. The monoisotopic (exact) mass is 428 g/mol. The maximum atomic E-state index is 13.4. The van der Waals surface area contributed by atoms with Crippen molar-refractivity contribution in [2.24, 2.45) is 0 Å². The maximum Gasteiger partial charge on any atom is 0.262 e. The Hall–Kier alpha value is -3.66. The molecular weight excluding hydrogens is 414 g/mol. The molecule has 7 nitrogen and oxygen atoms in total. The summed E-state index contributed by atoms with van der Waals surface area (Å²) in [6, 6.07) is 12.1. The van der Waals surface area contributed by atoms with Crippen LogP contribution in [0.15, 0.2) is 76.4 Å². The first kappa shape index (κ1) is 19.6. The summed E-state index contributed by atoms with van der Waals surface area (Å²) in [6.45, 7) is 0. The summed E-state index contributed by atoms with van der Waals surface area (Å²) < 4.78 is 59.7. The highest BCUT2D eigenvalue weighted by Gasteiger charge is 2.19. The fraction of sp³-hybridized carbons (Fsp3) is 0.0500. The normalized spacial score (nSPS) is 11.4. The molecule has 0 saturated heterocycles. The minimum absolute atomic E-state index is 0.147. The first-order valence-corrected chi connectivity index (χ1v) is 10.2. The third kappa shape index (κ3) is 4.33. The highest BCUT2D eigenvalue weighted by molar-refractivity contribution is 7.92. The molecule has 2 aromatic heterocycles. The molecule has 0 fully saturated rings. The second kappa shape index (κ2) is 7.99. The van der Waals surface area contributed by atoms with Gasteiger partial charge in [0.1, 0.15) is 11.6 Å². The van der Waals surface area contributed by atoms with Crippen molar-refractivity contribution < 1.29 is 21.7 Å². The lowest BCUT2D eigenvalue weighted by Gasteiger charge is -2.12. The SMILES string of the molecule is O=S(=O)(Nc1ccccc1Cc1nc(-c2ccncc2)no1)c1cc(F)cc(F)c1. The quantitative estimate of drug-likeness (QED) is 0.502. The van der Waals surface area contributed by atoms with Gasteiger partial charge in [-0.15, -0.1) is 0 Å². The Balaban J connectivity index is 1.60. The van der Waals surface area contributed by atoms with Gasteiger partial charge in [-0.3, -0.25) is 9.71 Å². The predicted octanol–water partition coefficient (Wildman–Crippen LogP) is 3.80. The number of hydrogen-bond donors (Lipinski definition) is 1. The largest absolute Gasteiger partial charge is 0.339 e. The zero-order valence-corrected chi connectivity index (χ0v) is 16.1. The molecule has 0 aliphatic rings. The molecule has 10 heteroatoms. The van der Waals surface area contributed by atoms with Gasteiger partial charge in [0, 0.05) is 24.0 Å². The van der Waals surface area contributed by atoms with Gasteiger partial charge < -0.3 is 4.52 Å². The van der Waals surface area contributed by atoms with E-state index in [1.165, 1.54) is 6.07 Å². The van der Waals surface area contributed by atoms with E-state index >= 15 is 0 Å². The van der Waals surface area contributed by atoms with Crippen molar-refractivity contribution in [2.75, 3.05) is 4.72 Å². The van der Waals surface area contributed by atoms with Crippen molar-refractivity contribution in [1.29, 1.82) is 0 Å². The maximum absolute atomic E-state index is 13.4. The van der Waals surface area contributed by atoms with Crippen LogP contribution in [-0.4, -0.2) is 23.5 Å². The number of halogens is 2. The lowest BCUT2D eigenvalue weighted by Crippen LogP contribution is -2.15. The molecule has 30 heavy (non-hydrogen) atoms. The number of pyridine rings is 1. The zero-order valence-electron chi connectivity index (χ0n) is 15.3. The van der Waals surface area contributed by atoms with E-state index in [2.05, 4.69) is 19.8 Å². The van der Waals surface area contributed by atoms with Gasteiger partial charge in [-0.2, -0.15) is 4.98 Å². The Morgan fingerprint density at radius 2 is 1.67 bits per heavy atom. The van der Waals surface area contributed by atoms with Crippen molar-refractivity contribution in [3.05, 3.63) is 90.1 Å². The number of hydrogen-bond acceptors (Lipinski definition) is 6. The molecule has 0 aliphatic heterocycles. The van der Waals surface area contributed by atoms with Crippen LogP contribution in [0.4, 0.5) is 14.5 Å². The second-order valence-corrected chi connectivity index (χ2v) is 7.97. The Morgan fingerprint density at radius 1 is 0.967 bits per heavy atom. The topological polar surface area (TPSA) is 98.0 Å². The molecule has 0 aliphatic carbocycles. The van der Waals surface area contributed by atoms with E-state index in [4.69, 9.17) is 4.52 Å². The Kier molecular flexibility index (Phi) is 5.23. The van der Waals surface area contributed by atoms with Gasteiger partial charge in [-0.05, 0) is 35.9 Å². The Labute approximate surface area is 170 Å². The third-order valence-corrected chi connectivity index (χ3v) is 5.50. The molecule has 0 bridgehead atoms. The zero-order chi connectivity index (χ0) is 21.1. The molecule has 0 atom stereocenters. The highest BCUT2D eigenvalue weighted by atomic mass is 32.2. The number of para-hydroxylation sites is 1. The van der Waals surface area contributed by atoms with Crippen molar-refractivity contribution in [3.8, 4) is 11.4 Å². The molecule has 1 N–H and O–H groups in total. The van der Waals surface area contributed by atoms with E-state index in [-0.39, 0.29) is 18.0 Å². The summed E-state index contributed by atoms with van der Waals surface area (Å²) in [6.07, 6.45) is 3.35. The van der Waals surface area contributed by atoms with Crippen molar-refractivity contribution in [1.82, 2.24) is 15.1 Å². The average molecular weight is 428 g/mol. The molecule has 2 aromatic carbocycles. The fourth-order valence-corrected chi connectivity index (χ4v) is 3.91. The van der Waals surface area contributed by atoms with Crippen molar-refractivity contribution >= 4 is 15.7 Å². The van der Waals surface area contributed by atoms with Crippen molar-refractivity contribution in [3.63, 3.8) is 0 Å². The standard InChI is InChI=1S/C20H14F2N4O3S/c21-15-10-16(22)12-17(11-15)30(27,28)26-18-4-2-1-3-14(18)9-19-24-20(25-29-19)13-5-7-23-8-6-13/h1-8,10-12,26H,9H2. The van der Waals surface area contributed by atoms with E-state index in [9.17, 15) is 17.2 Å². The summed E-state index contributed by atoms with van der Waals surface area (Å²) in [5.41, 5.74) is 1.50. The van der Waals surface area contributed by atoms with Gasteiger partial charge in [-0.25, -0.2) is 17.2 Å². The van der Waals surface area contributed by atoms with Crippen LogP contribution in [0.5, 0.6) is 0 Å². The molecule has 4 rings (SSSR count). The first-order chi connectivity index (χ1) is 14.4. The molecule has 4 aromatic rings. The molecule has 0 unspecified atom stereocenters. The lowest BCUT2D eigenvalue weighted by atomic mass is 10.1. The van der Waals surface area contributed by atoms with Gasteiger partial charge >= 0.3 is 0 Å². The van der Waals surface area contributed by atoms with Crippen LogP contribution in [0.3, 0.4) is 0 Å². The molecule has 0 radical (unpaired) electrons. The van der Waals surface area contributed by atoms with Crippen LogP contribution in [0.1, 0.15) is 11.5 Å². The smallest absolute Gasteiger partial charge is 0.262 e. The van der Waals surface area contributed by atoms with Crippen LogP contribution < -0.4 is 4.72 Å². The van der Waals surface area contributed by atoms with E-state index in [1.807, 2.05) is 0 Å². The number of nitrogens with zero attached hydrogens (tertiary/aromatic N) is 3. The highest BCUT2D eigenvalue weighted by Crippen LogP contribution is 2.24. The van der Waals surface area contributed by atoms with Crippen LogP contribution in [0.2, 0.25) is 0 Å². The first-order valence-electron chi connectivity index (χ1n) is 8.70. The Bertz CT molecular complexity index is 1270. The van der Waals surface area contributed by atoms with Crippen LogP contribution in [-0.2, 0) is 16.4 Å². The predicted molar refractivity (Wildman–Crippen MR) is 104 cm³/mol. The number of sulfonamides is 1. The van der Waals surface area contributed by atoms with E-state index in [0.717, 1.165) is 17.7 Å². The fourth-order valence-electron chi connectivity index (χ4n) is 2.77. The summed E-state index contributed by atoms with van der Waals surface area (Å²) in [4.78, 5) is 7.72. The molecule has 0 saturated carbocycles. The van der Waals surface area contributed by atoms with E-state index < -0.39 is 26.6 Å². The van der Waals surface area contributed by atoms with Crippen LogP contribution in [0.25, 0.3) is 11.4 Å². The number of benzene rings is 2. The number of anilines is 1. The summed E-state index contributed by atoms with van der Waals surface area (Å²) in [5.74, 6) is -1.33. The Morgan fingerprint density at radius 3 is 2.40 bits per heavy atom. The van der Waals surface area contributed by atoms with Gasteiger partial charge in [0.05, 0.1) is 17.0 Å². The van der Waals surface area contributed by atoms with Gasteiger partial charge in [0.15, 0.2) is 0 Å². The van der Waals surface area contributed by atoms with E-state index in [1.54, 1.807) is 42.7 Å². The van der Waals surface area contributed by atoms with Crippen molar-refractivity contribution in [2.45, 2.75) is 11.3 Å². The van der Waals surface area contributed by atoms with Crippen LogP contribution >= 0.6 is 0 Å². The molecule has 152 valence electrons. The molecule has 0 spiro atoms. The minimum atomic E-state index is -4.21. The second-order valence-electron chi connectivity index (χ2n) is 6.29. The van der Waals surface area contributed by atoms with Gasteiger partial charge in [0.2, 0.25) is 11.7 Å². The van der Waals surface area contributed by atoms with Gasteiger partial charge in [-0.1, -0.05) is 23.4 Å². The van der Waals surface area contributed by atoms with Crippen LogP contribution in [0, 0.1) is 11.6 Å². The molecule has 2 heterocycles. The third-order valence-electron chi connectivity index (χ3n) is 4.16.